The Morgan fingerprint density at radius 3 is 2.75 bits per heavy atom. The van der Waals surface area contributed by atoms with E-state index in [1.54, 1.807) is 0 Å². The third-order valence-corrected chi connectivity index (χ3v) is 2.95. The molecule has 0 aromatic heterocycles. The molecule has 0 fully saturated rings. The van der Waals surface area contributed by atoms with Crippen LogP contribution in [0.2, 0.25) is 0 Å². The molecule has 110 valence electrons. The lowest BCUT2D eigenvalue weighted by atomic mass is 10.1. The fourth-order valence-electron chi connectivity index (χ4n) is 1.84. The van der Waals surface area contributed by atoms with E-state index in [0.29, 0.717) is 24.7 Å². The first-order chi connectivity index (χ1) is 9.76. The van der Waals surface area contributed by atoms with Crippen LogP contribution in [0.4, 0.5) is 0 Å². The zero-order chi connectivity index (χ0) is 14.8. The topological polar surface area (TPSA) is 50.7 Å². The van der Waals surface area contributed by atoms with Crippen LogP contribution in [0.15, 0.2) is 18.2 Å². The van der Waals surface area contributed by atoms with Crippen molar-refractivity contribution < 1.29 is 14.6 Å². The van der Waals surface area contributed by atoms with Gasteiger partial charge >= 0.3 is 0 Å². The number of terminal acetylenes is 1. The second-order valence-corrected chi connectivity index (χ2v) is 4.34. The van der Waals surface area contributed by atoms with E-state index in [1.165, 1.54) is 0 Å². The summed E-state index contributed by atoms with van der Waals surface area (Å²) >= 11 is 0. The van der Waals surface area contributed by atoms with Gasteiger partial charge in [-0.3, -0.25) is 0 Å². The van der Waals surface area contributed by atoms with Gasteiger partial charge in [-0.1, -0.05) is 25.0 Å². The summed E-state index contributed by atoms with van der Waals surface area (Å²) in [6.45, 7) is 5.43. The molecule has 1 aromatic rings. The summed E-state index contributed by atoms with van der Waals surface area (Å²) in [5.41, 5.74) is 0.970. The Morgan fingerprint density at radius 1 is 1.35 bits per heavy atom. The molecule has 4 nitrogen and oxygen atoms in total. The molecule has 1 rings (SSSR count). The van der Waals surface area contributed by atoms with E-state index in [9.17, 15) is 5.11 Å². The van der Waals surface area contributed by atoms with Crippen LogP contribution in [0.25, 0.3) is 0 Å². The van der Waals surface area contributed by atoms with Crippen molar-refractivity contribution >= 4 is 0 Å². The number of aliphatic hydroxyl groups is 1. The maximum absolute atomic E-state index is 9.21. The molecule has 0 aliphatic rings. The van der Waals surface area contributed by atoms with Gasteiger partial charge in [-0.15, -0.1) is 6.42 Å². The predicted octanol–water partition coefficient (Wildman–Crippen LogP) is 1.96. The summed E-state index contributed by atoms with van der Waals surface area (Å²) in [5, 5.41) is 12.5. The summed E-state index contributed by atoms with van der Waals surface area (Å²) in [5.74, 6) is 3.83. The molecule has 0 aliphatic carbocycles. The van der Waals surface area contributed by atoms with Gasteiger partial charge in [0.2, 0.25) is 0 Å². The van der Waals surface area contributed by atoms with Crippen molar-refractivity contribution in [3.8, 4) is 23.8 Å². The van der Waals surface area contributed by atoms with Crippen LogP contribution in [-0.4, -0.2) is 31.0 Å². The van der Waals surface area contributed by atoms with Crippen LogP contribution in [0, 0.1) is 12.3 Å². The second-order valence-electron chi connectivity index (χ2n) is 4.34. The summed E-state index contributed by atoms with van der Waals surface area (Å²) in [7, 11) is 0. The van der Waals surface area contributed by atoms with Crippen LogP contribution >= 0.6 is 0 Å². The number of aliphatic hydroxyl groups excluding tert-OH is 1. The fraction of sp³-hybridized carbons (Fsp3) is 0.500. The molecule has 2 N–H and O–H groups in total. The van der Waals surface area contributed by atoms with E-state index in [1.807, 2.05) is 32.0 Å². The number of rotatable bonds is 9. The minimum Gasteiger partial charge on any atom is -0.490 e. The average molecular weight is 277 g/mol. The third kappa shape index (κ3) is 4.76. The zero-order valence-electron chi connectivity index (χ0n) is 12.2. The summed E-state index contributed by atoms with van der Waals surface area (Å²) < 4.78 is 11.2. The summed E-state index contributed by atoms with van der Waals surface area (Å²) in [6.07, 6.45) is 6.11. The Hall–Kier alpha value is -1.70. The Labute approximate surface area is 121 Å². The monoisotopic (exact) mass is 277 g/mol. The van der Waals surface area contributed by atoms with Gasteiger partial charge in [0.1, 0.15) is 6.61 Å². The van der Waals surface area contributed by atoms with Crippen molar-refractivity contribution in [1.82, 2.24) is 5.32 Å². The number of para-hydroxylation sites is 1. The molecule has 0 amide bonds. The SMILES string of the molecule is C#CCOc1c(CN[C@@H](CC)CO)cccc1OCC. The van der Waals surface area contributed by atoms with E-state index in [2.05, 4.69) is 11.2 Å². The lowest BCUT2D eigenvalue weighted by molar-refractivity contribution is 0.237. The van der Waals surface area contributed by atoms with E-state index in [0.717, 1.165) is 12.0 Å². The maximum atomic E-state index is 9.21. The molecule has 4 heteroatoms. The minimum absolute atomic E-state index is 0.0752. The number of hydrogen-bond donors (Lipinski definition) is 2. The molecular weight excluding hydrogens is 254 g/mol. The van der Waals surface area contributed by atoms with Crippen molar-refractivity contribution in [2.45, 2.75) is 32.9 Å². The minimum atomic E-state index is 0.0752. The molecule has 0 spiro atoms. The molecular formula is C16H23NO3. The lowest BCUT2D eigenvalue weighted by Crippen LogP contribution is -2.31. The molecule has 0 bridgehead atoms. The first kappa shape index (κ1) is 16.4. The Balaban J connectivity index is 2.87. The second kappa shape index (κ2) is 9.24. The average Bonchev–Trinajstić information content (AvgIpc) is 2.47. The van der Waals surface area contributed by atoms with Crippen molar-refractivity contribution in [1.29, 1.82) is 0 Å². The predicted molar refractivity (Wildman–Crippen MR) is 79.9 cm³/mol. The molecule has 1 aromatic carbocycles. The first-order valence-corrected chi connectivity index (χ1v) is 6.91. The van der Waals surface area contributed by atoms with E-state index >= 15 is 0 Å². The molecule has 0 saturated carbocycles. The van der Waals surface area contributed by atoms with Gasteiger partial charge in [-0.25, -0.2) is 0 Å². The molecule has 0 radical (unpaired) electrons. The van der Waals surface area contributed by atoms with Crippen molar-refractivity contribution in [2.24, 2.45) is 0 Å². The van der Waals surface area contributed by atoms with Crippen LogP contribution < -0.4 is 14.8 Å². The standard InChI is InChI=1S/C16H23NO3/c1-4-10-20-16-13(11-17-14(5-2)12-18)8-7-9-15(16)19-6-3/h1,7-9,14,17-18H,5-6,10-12H2,2-3H3/t14-/m0/s1. The number of nitrogens with one attached hydrogen (secondary N) is 1. The van der Waals surface area contributed by atoms with Crippen molar-refractivity contribution in [3.05, 3.63) is 23.8 Å². The molecule has 0 unspecified atom stereocenters. The fourth-order valence-corrected chi connectivity index (χ4v) is 1.84. The van der Waals surface area contributed by atoms with E-state index < -0.39 is 0 Å². The number of hydrogen-bond acceptors (Lipinski definition) is 4. The lowest BCUT2D eigenvalue weighted by Gasteiger charge is -2.18. The summed E-state index contributed by atoms with van der Waals surface area (Å²) in [6, 6.07) is 5.82. The first-order valence-electron chi connectivity index (χ1n) is 6.91. The van der Waals surface area contributed by atoms with Gasteiger partial charge in [0.15, 0.2) is 11.5 Å². The highest BCUT2D eigenvalue weighted by atomic mass is 16.5. The number of benzene rings is 1. The third-order valence-electron chi connectivity index (χ3n) is 2.95. The Morgan fingerprint density at radius 2 is 2.15 bits per heavy atom. The van der Waals surface area contributed by atoms with E-state index in [-0.39, 0.29) is 19.3 Å². The highest BCUT2D eigenvalue weighted by molar-refractivity contribution is 5.46. The molecule has 1 atom stereocenters. The maximum Gasteiger partial charge on any atom is 0.167 e. The van der Waals surface area contributed by atoms with Crippen LogP contribution in [0.1, 0.15) is 25.8 Å². The quantitative estimate of drug-likeness (QED) is 0.678. The highest BCUT2D eigenvalue weighted by Gasteiger charge is 2.12. The zero-order valence-corrected chi connectivity index (χ0v) is 12.2. The normalized spacial score (nSPS) is 11.7. The molecule has 0 heterocycles. The molecule has 0 aliphatic heterocycles. The van der Waals surface area contributed by atoms with Crippen molar-refractivity contribution in [2.75, 3.05) is 19.8 Å². The highest BCUT2D eigenvalue weighted by Crippen LogP contribution is 2.31. The van der Waals surface area contributed by atoms with Crippen molar-refractivity contribution in [3.63, 3.8) is 0 Å². The summed E-state index contributed by atoms with van der Waals surface area (Å²) in [4.78, 5) is 0. The molecule has 0 saturated heterocycles. The van der Waals surface area contributed by atoms with Crippen LogP contribution in [0.3, 0.4) is 0 Å². The Kier molecular flexibility index (Phi) is 7.56. The van der Waals surface area contributed by atoms with Gasteiger partial charge in [0.25, 0.3) is 0 Å². The van der Waals surface area contributed by atoms with Gasteiger partial charge < -0.3 is 19.9 Å². The van der Waals surface area contributed by atoms with Crippen LogP contribution in [0.5, 0.6) is 11.5 Å². The molecule has 20 heavy (non-hydrogen) atoms. The number of ether oxygens (including phenoxy) is 2. The van der Waals surface area contributed by atoms with Gasteiger partial charge in [-0.2, -0.15) is 0 Å². The van der Waals surface area contributed by atoms with Gasteiger partial charge in [0.05, 0.1) is 13.2 Å². The van der Waals surface area contributed by atoms with Gasteiger partial charge in [0, 0.05) is 18.2 Å². The smallest absolute Gasteiger partial charge is 0.167 e. The van der Waals surface area contributed by atoms with Gasteiger partial charge in [-0.05, 0) is 19.4 Å². The Bertz CT molecular complexity index is 436. The van der Waals surface area contributed by atoms with E-state index in [4.69, 9.17) is 15.9 Å². The van der Waals surface area contributed by atoms with Crippen LogP contribution in [-0.2, 0) is 6.54 Å². The largest absolute Gasteiger partial charge is 0.490 e.